The maximum Gasteiger partial charge on any atom is 0.276 e. The molecule has 1 aliphatic heterocycles. The van der Waals surface area contributed by atoms with Crippen molar-refractivity contribution in [3.63, 3.8) is 0 Å². The fraction of sp³-hybridized carbons (Fsp3) is 0.556. The summed E-state index contributed by atoms with van der Waals surface area (Å²) in [6.45, 7) is 3.05. The molecule has 0 bridgehead atoms. The molecule has 1 saturated heterocycles. The summed E-state index contributed by atoms with van der Waals surface area (Å²) >= 11 is 6.08. The Morgan fingerprint density at radius 2 is 2.00 bits per heavy atom. The van der Waals surface area contributed by atoms with Crippen LogP contribution >= 0.6 is 11.6 Å². The Morgan fingerprint density at radius 1 is 1.30 bits per heavy atom. The van der Waals surface area contributed by atoms with Crippen LogP contribution in [0.2, 0.25) is 5.15 Å². The van der Waals surface area contributed by atoms with E-state index in [-0.39, 0.29) is 29.7 Å². The number of carbonyl (C=O) groups excluding carboxylic acids is 2. The molecule has 3 atom stereocenters. The molecule has 5 rings (SSSR count). The summed E-state index contributed by atoms with van der Waals surface area (Å²) < 4.78 is 7.12. The number of nitrogens with one attached hydrogen (secondary N) is 1. The zero-order chi connectivity index (χ0) is 18.9. The number of rotatable bonds is 4. The van der Waals surface area contributed by atoms with Crippen LogP contribution in [0.15, 0.2) is 10.6 Å². The van der Waals surface area contributed by atoms with E-state index < -0.39 is 0 Å². The topological polar surface area (TPSA) is 93.3 Å². The number of likely N-dealkylation sites (tertiary alicyclic amines) is 1. The van der Waals surface area contributed by atoms with Crippen LogP contribution in [0.1, 0.15) is 51.3 Å². The Labute approximate surface area is 160 Å². The zero-order valence-electron chi connectivity index (χ0n) is 15.1. The molecular formula is C18H20ClN5O3. The van der Waals surface area contributed by atoms with Crippen LogP contribution in [0.3, 0.4) is 0 Å². The first-order chi connectivity index (χ1) is 12.9. The minimum absolute atomic E-state index is 0.0734. The number of aryl methyl sites for hydroxylation is 2. The highest BCUT2D eigenvalue weighted by molar-refractivity contribution is 6.32. The van der Waals surface area contributed by atoms with Gasteiger partial charge in [0.1, 0.15) is 10.9 Å². The molecule has 2 saturated carbocycles. The molecule has 27 heavy (non-hydrogen) atoms. The Hall–Kier alpha value is -2.35. The summed E-state index contributed by atoms with van der Waals surface area (Å²) in [7, 11) is 1.69. The molecule has 0 aromatic carbocycles. The number of nitrogens with zero attached hydrogens (tertiary/aromatic N) is 4. The highest BCUT2D eigenvalue weighted by Gasteiger charge is 2.57. The molecule has 3 aliphatic rings. The van der Waals surface area contributed by atoms with Gasteiger partial charge >= 0.3 is 0 Å². The number of piperidine rings is 1. The summed E-state index contributed by atoms with van der Waals surface area (Å²) in [5.41, 5.74) is 0.809. The molecule has 3 heterocycles. The van der Waals surface area contributed by atoms with Gasteiger partial charge in [0, 0.05) is 43.9 Å². The van der Waals surface area contributed by atoms with Crippen molar-refractivity contribution in [2.45, 2.75) is 31.7 Å². The van der Waals surface area contributed by atoms with E-state index in [2.05, 4.69) is 15.4 Å². The van der Waals surface area contributed by atoms with Crippen molar-refractivity contribution in [3.05, 3.63) is 34.3 Å². The lowest BCUT2D eigenvalue weighted by molar-refractivity contribution is 0.0762. The van der Waals surface area contributed by atoms with Crippen molar-refractivity contribution in [2.24, 2.45) is 18.9 Å². The largest absolute Gasteiger partial charge is 0.445 e. The SMILES string of the molecule is Cc1oc(C2CC2)nc1C(=O)N1C[C@@H]2C(NC(=O)c3cnn(C)c3Cl)[C@@H]2C1. The average molecular weight is 390 g/mol. The van der Waals surface area contributed by atoms with Crippen molar-refractivity contribution < 1.29 is 14.0 Å². The first-order valence-corrected chi connectivity index (χ1v) is 9.56. The predicted molar refractivity (Wildman–Crippen MR) is 95.6 cm³/mol. The number of carbonyl (C=O) groups is 2. The van der Waals surface area contributed by atoms with Gasteiger partial charge in [-0.2, -0.15) is 5.10 Å². The Bertz CT molecular complexity index is 935. The zero-order valence-corrected chi connectivity index (χ0v) is 15.9. The molecule has 142 valence electrons. The van der Waals surface area contributed by atoms with Gasteiger partial charge in [-0.15, -0.1) is 0 Å². The number of hydrogen-bond donors (Lipinski definition) is 1. The standard InChI is InChI=1S/C18H20ClN5O3/c1-8-13(22-17(27-8)9-3-4-9)18(26)24-6-11-12(7-24)14(11)21-16(25)10-5-20-23(2)15(10)19/h5,9,11-12,14H,3-4,6-7H2,1-2H3,(H,21,25)/t11-,12+,14?. The van der Waals surface area contributed by atoms with Crippen LogP contribution in [0, 0.1) is 18.8 Å². The molecule has 8 nitrogen and oxygen atoms in total. The van der Waals surface area contributed by atoms with Crippen molar-refractivity contribution >= 4 is 23.4 Å². The normalized spacial score (nSPS) is 26.2. The van der Waals surface area contributed by atoms with Crippen molar-refractivity contribution in [1.82, 2.24) is 25.0 Å². The Balaban J connectivity index is 1.20. The Morgan fingerprint density at radius 3 is 2.59 bits per heavy atom. The van der Waals surface area contributed by atoms with E-state index in [9.17, 15) is 9.59 Å². The predicted octanol–water partition coefficient (Wildman–Crippen LogP) is 1.75. The van der Waals surface area contributed by atoms with Crippen LogP contribution < -0.4 is 5.32 Å². The molecule has 0 spiro atoms. The van der Waals surface area contributed by atoms with E-state index in [1.807, 2.05) is 4.90 Å². The van der Waals surface area contributed by atoms with Crippen molar-refractivity contribution in [3.8, 4) is 0 Å². The third-order valence-electron chi connectivity index (χ3n) is 5.83. The van der Waals surface area contributed by atoms with E-state index in [1.54, 1.807) is 14.0 Å². The minimum Gasteiger partial charge on any atom is -0.445 e. The van der Waals surface area contributed by atoms with Gasteiger partial charge in [0.05, 0.1) is 11.8 Å². The lowest BCUT2D eigenvalue weighted by atomic mass is 10.2. The number of fused-ring (bicyclic) bond motifs is 1. The smallest absolute Gasteiger partial charge is 0.276 e. The number of hydrogen-bond acceptors (Lipinski definition) is 5. The fourth-order valence-electron chi connectivity index (χ4n) is 3.98. The van der Waals surface area contributed by atoms with Gasteiger partial charge in [0.15, 0.2) is 11.6 Å². The molecule has 2 aromatic heterocycles. The maximum atomic E-state index is 12.8. The minimum atomic E-state index is -0.216. The second kappa shape index (κ2) is 5.82. The third kappa shape index (κ3) is 2.74. The van der Waals surface area contributed by atoms with E-state index in [4.69, 9.17) is 16.0 Å². The maximum absolute atomic E-state index is 12.8. The van der Waals surface area contributed by atoms with Gasteiger partial charge < -0.3 is 14.6 Å². The molecule has 1 N–H and O–H groups in total. The summed E-state index contributed by atoms with van der Waals surface area (Å²) in [5.74, 6) is 1.95. The molecule has 2 amide bonds. The molecule has 1 unspecified atom stereocenters. The van der Waals surface area contributed by atoms with E-state index in [0.717, 1.165) is 12.8 Å². The summed E-state index contributed by atoms with van der Waals surface area (Å²) in [6.07, 6.45) is 3.64. The lowest BCUT2D eigenvalue weighted by Crippen LogP contribution is -2.37. The van der Waals surface area contributed by atoms with Gasteiger partial charge in [-0.3, -0.25) is 14.3 Å². The van der Waals surface area contributed by atoms with Gasteiger partial charge in [-0.25, -0.2) is 4.98 Å². The highest BCUT2D eigenvalue weighted by atomic mass is 35.5. The molecule has 2 aromatic rings. The van der Waals surface area contributed by atoms with E-state index in [1.165, 1.54) is 10.9 Å². The second-order valence-corrected chi connectivity index (χ2v) is 8.10. The second-order valence-electron chi connectivity index (χ2n) is 7.74. The molecule has 3 fully saturated rings. The number of halogens is 1. The first-order valence-electron chi connectivity index (χ1n) is 9.19. The number of aromatic nitrogens is 3. The molecule has 0 radical (unpaired) electrons. The van der Waals surface area contributed by atoms with Gasteiger partial charge in [-0.1, -0.05) is 11.6 Å². The lowest BCUT2D eigenvalue weighted by Gasteiger charge is -2.19. The summed E-state index contributed by atoms with van der Waals surface area (Å²) in [6, 6.07) is 0.0817. The van der Waals surface area contributed by atoms with Crippen LogP contribution in [0.4, 0.5) is 0 Å². The third-order valence-corrected chi connectivity index (χ3v) is 6.28. The summed E-state index contributed by atoms with van der Waals surface area (Å²) in [4.78, 5) is 31.4. The van der Waals surface area contributed by atoms with Crippen LogP contribution in [-0.2, 0) is 7.05 Å². The molecule has 9 heteroatoms. The van der Waals surface area contributed by atoms with Gasteiger partial charge in [0.2, 0.25) is 0 Å². The quantitative estimate of drug-likeness (QED) is 0.859. The first kappa shape index (κ1) is 16.8. The van der Waals surface area contributed by atoms with Gasteiger partial charge in [-0.05, 0) is 19.8 Å². The Kier molecular flexibility index (Phi) is 3.62. The highest BCUT2D eigenvalue weighted by Crippen LogP contribution is 2.46. The number of oxazole rings is 1. The fourth-order valence-corrected chi connectivity index (χ4v) is 4.16. The van der Waals surface area contributed by atoms with Crippen molar-refractivity contribution in [2.75, 3.05) is 13.1 Å². The van der Waals surface area contributed by atoms with E-state index in [0.29, 0.717) is 47.1 Å². The monoisotopic (exact) mass is 389 g/mol. The molecular weight excluding hydrogens is 370 g/mol. The van der Waals surface area contributed by atoms with Crippen LogP contribution in [0.25, 0.3) is 0 Å². The summed E-state index contributed by atoms with van der Waals surface area (Å²) in [5, 5.41) is 7.33. The van der Waals surface area contributed by atoms with Crippen LogP contribution in [-0.4, -0.2) is 50.6 Å². The van der Waals surface area contributed by atoms with E-state index >= 15 is 0 Å². The van der Waals surface area contributed by atoms with Gasteiger partial charge in [0.25, 0.3) is 11.8 Å². The van der Waals surface area contributed by atoms with Crippen molar-refractivity contribution in [1.29, 1.82) is 0 Å². The van der Waals surface area contributed by atoms with Crippen LogP contribution in [0.5, 0.6) is 0 Å². The average Bonchev–Trinajstić information content (AvgIpc) is 3.45. The molecule has 2 aliphatic carbocycles. The number of amides is 2.